The van der Waals surface area contributed by atoms with Crippen LogP contribution in [0.25, 0.3) is 0 Å². The van der Waals surface area contributed by atoms with Crippen molar-refractivity contribution in [1.82, 2.24) is 5.32 Å². The van der Waals surface area contributed by atoms with Crippen LogP contribution in [0.5, 0.6) is 11.5 Å². The van der Waals surface area contributed by atoms with E-state index < -0.39 is 0 Å². The molecule has 2 aromatic rings. The largest absolute Gasteiger partial charge is 0.497 e. The Morgan fingerprint density at radius 3 is 2.35 bits per heavy atom. The highest BCUT2D eigenvalue weighted by Crippen LogP contribution is 2.29. The van der Waals surface area contributed by atoms with Crippen LogP contribution in [0.3, 0.4) is 0 Å². The van der Waals surface area contributed by atoms with E-state index in [1.807, 2.05) is 58.0 Å². The molecule has 2 atom stereocenters. The summed E-state index contributed by atoms with van der Waals surface area (Å²) in [7, 11) is 3.26. The minimum atomic E-state index is -0.374. The van der Waals surface area contributed by atoms with E-state index >= 15 is 0 Å². The monoisotopic (exact) mass is 356 g/mol. The molecule has 0 aromatic heterocycles. The van der Waals surface area contributed by atoms with Gasteiger partial charge in [0.2, 0.25) is 5.91 Å². The maximum atomic E-state index is 12.6. The van der Waals surface area contributed by atoms with Crippen LogP contribution in [0.4, 0.5) is 5.69 Å². The molecule has 0 heterocycles. The van der Waals surface area contributed by atoms with Gasteiger partial charge in [-0.05, 0) is 57.5 Å². The number of amides is 1. The lowest BCUT2D eigenvalue weighted by Crippen LogP contribution is -2.39. The zero-order valence-electron chi connectivity index (χ0n) is 16.3. The number of nitrogens with one attached hydrogen (secondary N) is 2. The molecule has 1 amide bonds. The van der Waals surface area contributed by atoms with Crippen molar-refractivity contribution >= 4 is 11.6 Å². The van der Waals surface area contributed by atoms with E-state index in [1.165, 1.54) is 5.56 Å². The average molecular weight is 356 g/mol. The Bertz CT molecular complexity index is 774. The van der Waals surface area contributed by atoms with E-state index in [2.05, 4.69) is 16.7 Å². The Morgan fingerprint density at radius 2 is 1.73 bits per heavy atom. The molecule has 0 radical (unpaired) electrons. The molecule has 0 bridgehead atoms. The molecule has 0 aliphatic heterocycles. The number of hydrogen-bond acceptors (Lipinski definition) is 4. The molecule has 5 nitrogen and oxygen atoms in total. The van der Waals surface area contributed by atoms with Crippen molar-refractivity contribution in [3.05, 3.63) is 53.1 Å². The fourth-order valence-corrected chi connectivity index (χ4v) is 2.91. The fraction of sp³-hybridized carbons (Fsp3) is 0.381. The number of methoxy groups -OCH3 is 2. The molecular formula is C21H28N2O3. The second-order valence-corrected chi connectivity index (χ2v) is 6.53. The molecule has 0 aliphatic carbocycles. The molecule has 26 heavy (non-hydrogen) atoms. The summed E-state index contributed by atoms with van der Waals surface area (Å²) in [6.45, 7) is 7.87. The number of rotatable bonds is 7. The number of hydrogen-bond donors (Lipinski definition) is 2. The van der Waals surface area contributed by atoms with E-state index in [0.29, 0.717) is 0 Å². The Labute approximate surface area is 155 Å². The summed E-state index contributed by atoms with van der Waals surface area (Å²) in [6.07, 6.45) is 0. The number of benzene rings is 2. The predicted octanol–water partition coefficient (Wildman–Crippen LogP) is 4.00. The summed E-state index contributed by atoms with van der Waals surface area (Å²) < 4.78 is 10.7. The number of anilines is 1. The third-order valence-corrected chi connectivity index (χ3v) is 4.44. The minimum Gasteiger partial charge on any atom is -0.497 e. The molecule has 2 N–H and O–H groups in total. The van der Waals surface area contributed by atoms with Gasteiger partial charge in [0.05, 0.1) is 20.3 Å². The van der Waals surface area contributed by atoms with Crippen LogP contribution in [-0.4, -0.2) is 26.2 Å². The van der Waals surface area contributed by atoms with E-state index in [9.17, 15) is 4.79 Å². The Morgan fingerprint density at radius 1 is 1.00 bits per heavy atom. The van der Waals surface area contributed by atoms with Crippen LogP contribution in [0, 0.1) is 13.8 Å². The molecule has 2 unspecified atom stereocenters. The van der Waals surface area contributed by atoms with Crippen LogP contribution in [0.15, 0.2) is 36.4 Å². The lowest BCUT2D eigenvalue weighted by molar-refractivity contribution is -0.117. The first kappa shape index (κ1) is 19.8. The normalized spacial score (nSPS) is 13.0. The van der Waals surface area contributed by atoms with E-state index in [1.54, 1.807) is 14.2 Å². The Balaban J connectivity index is 2.08. The van der Waals surface area contributed by atoms with E-state index in [0.717, 1.165) is 28.3 Å². The van der Waals surface area contributed by atoms with Crippen LogP contribution in [0.1, 0.15) is 36.6 Å². The van der Waals surface area contributed by atoms with Crippen molar-refractivity contribution in [3.8, 4) is 11.5 Å². The first-order valence-electron chi connectivity index (χ1n) is 8.71. The standard InChI is InChI=1S/C21H28N2O3/c1-13-7-9-19(14(2)11-13)23-21(24)16(4)22-15(3)18-12-17(25-5)8-10-20(18)26-6/h7-12,15-16,22H,1-6H3,(H,23,24). The van der Waals surface area contributed by atoms with Crippen molar-refractivity contribution in [2.45, 2.75) is 39.8 Å². The van der Waals surface area contributed by atoms with Gasteiger partial charge in [-0.15, -0.1) is 0 Å². The second-order valence-electron chi connectivity index (χ2n) is 6.53. The van der Waals surface area contributed by atoms with Crippen molar-refractivity contribution in [3.63, 3.8) is 0 Å². The van der Waals surface area contributed by atoms with Gasteiger partial charge in [0.25, 0.3) is 0 Å². The molecule has 0 saturated carbocycles. The van der Waals surface area contributed by atoms with E-state index in [4.69, 9.17) is 9.47 Å². The fourth-order valence-electron chi connectivity index (χ4n) is 2.91. The molecule has 5 heteroatoms. The summed E-state index contributed by atoms with van der Waals surface area (Å²) in [6, 6.07) is 11.2. The van der Waals surface area contributed by atoms with Gasteiger partial charge in [-0.1, -0.05) is 17.7 Å². The average Bonchev–Trinajstić information content (AvgIpc) is 2.63. The van der Waals surface area contributed by atoms with Crippen molar-refractivity contribution < 1.29 is 14.3 Å². The van der Waals surface area contributed by atoms with Gasteiger partial charge in [0.1, 0.15) is 11.5 Å². The van der Waals surface area contributed by atoms with Gasteiger partial charge in [-0.2, -0.15) is 0 Å². The Hall–Kier alpha value is -2.53. The lowest BCUT2D eigenvalue weighted by atomic mass is 10.1. The summed E-state index contributed by atoms with van der Waals surface area (Å²) in [5.74, 6) is 1.43. The second kappa shape index (κ2) is 8.72. The quantitative estimate of drug-likeness (QED) is 0.787. The molecule has 140 valence electrons. The van der Waals surface area contributed by atoms with Gasteiger partial charge in [0, 0.05) is 17.3 Å². The molecule has 0 fully saturated rings. The van der Waals surface area contributed by atoms with Crippen molar-refractivity contribution in [1.29, 1.82) is 0 Å². The SMILES string of the molecule is COc1ccc(OC)c(C(C)NC(C)C(=O)Nc2ccc(C)cc2C)c1. The zero-order chi connectivity index (χ0) is 19.3. The van der Waals surface area contributed by atoms with Gasteiger partial charge in [0.15, 0.2) is 0 Å². The minimum absolute atomic E-state index is 0.0781. The van der Waals surface area contributed by atoms with E-state index in [-0.39, 0.29) is 18.0 Å². The van der Waals surface area contributed by atoms with Gasteiger partial charge in [-0.3, -0.25) is 10.1 Å². The lowest BCUT2D eigenvalue weighted by Gasteiger charge is -2.22. The maximum Gasteiger partial charge on any atom is 0.241 e. The van der Waals surface area contributed by atoms with Crippen molar-refractivity contribution in [2.75, 3.05) is 19.5 Å². The third kappa shape index (κ3) is 4.76. The summed E-state index contributed by atoms with van der Waals surface area (Å²) in [5, 5.41) is 6.31. The molecule has 2 aromatic carbocycles. The van der Waals surface area contributed by atoms with Crippen LogP contribution >= 0.6 is 0 Å². The summed E-state index contributed by atoms with van der Waals surface area (Å²) >= 11 is 0. The van der Waals surface area contributed by atoms with Gasteiger partial charge in [-0.25, -0.2) is 0 Å². The van der Waals surface area contributed by atoms with Crippen LogP contribution < -0.4 is 20.1 Å². The number of aryl methyl sites for hydroxylation is 2. The molecule has 2 rings (SSSR count). The summed E-state index contributed by atoms with van der Waals surface area (Å²) in [5.41, 5.74) is 4.00. The smallest absolute Gasteiger partial charge is 0.241 e. The number of carbonyl (C=O) groups excluding carboxylic acids is 1. The predicted molar refractivity (Wildman–Crippen MR) is 105 cm³/mol. The molecule has 0 aliphatic rings. The van der Waals surface area contributed by atoms with Gasteiger partial charge >= 0.3 is 0 Å². The van der Waals surface area contributed by atoms with Crippen LogP contribution in [-0.2, 0) is 4.79 Å². The third-order valence-electron chi connectivity index (χ3n) is 4.44. The first-order chi connectivity index (χ1) is 12.3. The molecule has 0 saturated heterocycles. The molecule has 0 spiro atoms. The van der Waals surface area contributed by atoms with Gasteiger partial charge < -0.3 is 14.8 Å². The topological polar surface area (TPSA) is 59.6 Å². The highest BCUT2D eigenvalue weighted by atomic mass is 16.5. The highest BCUT2D eigenvalue weighted by Gasteiger charge is 2.19. The Kier molecular flexibility index (Phi) is 6.64. The maximum absolute atomic E-state index is 12.6. The first-order valence-corrected chi connectivity index (χ1v) is 8.71. The summed E-state index contributed by atoms with van der Waals surface area (Å²) in [4.78, 5) is 12.6. The number of ether oxygens (including phenoxy) is 2. The highest BCUT2D eigenvalue weighted by molar-refractivity contribution is 5.95. The van der Waals surface area contributed by atoms with Crippen LogP contribution in [0.2, 0.25) is 0 Å². The van der Waals surface area contributed by atoms with Crippen molar-refractivity contribution in [2.24, 2.45) is 0 Å². The molecular weight excluding hydrogens is 328 g/mol. The number of carbonyl (C=O) groups is 1. The zero-order valence-corrected chi connectivity index (χ0v) is 16.3.